The van der Waals surface area contributed by atoms with E-state index in [0.29, 0.717) is 5.76 Å². The molecule has 2 heteroatoms. The molecule has 0 atom stereocenters. The van der Waals surface area contributed by atoms with Crippen molar-refractivity contribution in [1.82, 2.24) is 0 Å². The lowest BCUT2D eigenvalue weighted by Gasteiger charge is -2.02. The van der Waals surface area contributed by atoms with Crippen molar-refractivity contribution >= 4 is 0 Å². The van der Waals surface area contributed by atoms with Crippen LogP contribution < -0.4 is 0 Å². The van der Waals surface area contributed by atoms with Crippen LogP contribution in [-0.4, -0.2) is 17.3 Å². The van der Waals surface area contributed by atoms with Crippen LogP contribution >= 0.6 is 0 Å². The number of hydrogen-bond acceptors (Lipinski definition) is 2. The lowest BCUT2D eigenvalue weighted by molar-refractivity contribution is 0.399. The molecule has 0 radical (unpaired) electrons. The fourth-order valence-corrected chi connectivity index (χ4v) is 0.987. The van der Waals surface area contributed by atoms with E-state index in [1.165, 1.54) is 0 Å². The molecule has 2 N–H and O–H groups in total. The van der Waals surface area contributed by atoms with Gasteiger partial charge in [0.05, 0.1) is 0 Å². The first-order chi connectivity index (χ1) is 6.83. The predicted molar refractivity (Wildman–Crippen MR) is 60.0 cm³/mol. The number of allylic oxidation sites excluding steroid dienone is 8. The summed E-state index contributed by atoms with van der Waals surface area (Å²) in [6, 6.07) is 0. The molecule has 1 aliphatic carbocycles. The maximum absolute atomic E-state index is 9.13. The normalized spacial score (nSPS) is 17.6. The van der Waals surface area contributed by atoms with Gasteiger partial charge in [-0.3, -0.25) is 0 Å². The monoisotopic (exact) mass is 192 g/mol. The molecule has 76 valence electrons. The Hall–Kier alpha value is -1.54. The van der Waals surface area contributed by atoms with Gasteiger partial charge in [0.1, 0.15) is 5.76 Å². The van der Waals surface area contributed by atoms with Gasteiger partial charge in [-0.05, 0) is 24.1 Å². The Bertz CT molecular complexity index is 281. The number of hydrogen-bond donors (Lipinski definition) is 2. The van der Waals surface area contributed by atoms with Gasteiger partial charge in [0, 0.05) is 7.11 Å². The minimum Gasteiger partial charge on any atom is -0.508 e. The van der Waals surface area contributed by atoms with Gasteiger partial charge in [0.25, 0.3) is 0 Å². The van der Waals surface area contributed by atoms with E-state index in [-0.39, 0.29) is 0 Å². The Morgan fingerprint density at radius 2 is 2.07 bits per heavy atom. The third-order valence-corrected chi connectivity index (χ3v) is 1.53. The van der Waals surface area contributed by atoms with Gasteiger partial charge in [-0.2, -0.15) is 0 Å². The average molecular weight is 192 g/mol. The van der Waals surface area contributed by atoms with Crippen molar-refractivity contribution in [3.05, 3.63) is 60.4 Å². The Morgan fingerprint density at radius 1 is 1.36 bits per heavy atom. The van der Waals surface area contributed by atoms with Crippen LogP contribution in [0.25, 0.3) is 0 Å². The highest BCUT2D eigenvalue weighted by Crippen LogP contribution is 2.13. The first-order valence-electron chi connectivity index (χ1n) is 4.33. The molecule has 0 aliphatic heterocycles. The minimum absolute atomic E-state index is 0.319. The number of rotatable bonds is 2. The molecule has 1 aliphatic rings. The predicted octanol–water partition coefficient (Wildman–Crippen LogP) is 2.67. The summed E-state index contributed by atoms with van der Waals surface area (Å²) >= 11 is 0. The van der Waals surface area contributed by atoms with E-state index in [4.69, 9.17) is 10.2 Å². The van der Waals surface area contributed by atoms with Crippen molar-refractivity contribution in [2.45, 2.75) is 6.42 Å². The van der Waals surface area contributed by atoms with Crippen molar-refractivity contribution in [2.75, 3.05) is 7.11 Å². The molecule has 0 aromatic heterocycles. The van der Waals surface area contributed by atoms with Crippen molar-refractivity contribution in [2.24, 2.45) is 0 Å². The van der Waals surface area contributed by atoms with E-state index < -0.39 is 0 Å². The molecule has 0 saturated carbocycles. The second kappa shape index (κ2) is 8.08. The Kier molecular flexibility index (Phi) is 7.19. The van der Waals surface area contributed by atoms with E-state index in [9.17, 15) is 0 Å². The molecule has 0 aromatic carbocycles. The van der Waals surface area contributed by atoms with Crippen LogP contribution in [0.3, 0.4) is 0 Å². The number of aliphatic hydroxyl groups is 2. The summed E-state index contributed by atoms with van der Waals surface area (Å²) in [5.74, 6) is 0.319. The van der Waals surface area contributed by atoms with Gasteiger partial charge in [0.15, 0.2) is 0 Å². The Labute approximate surface area is 84.9 Å². The highest BCUT2D eigenvalue weighted by molar-refractivity contribution is 5.35. The highest BCUT2D eigenvalue weighted by atomic mass is 16.3. The fourth-order valence-electron chi connectivity index (χ4n) is 0.987. The van der Waals surface area contributed by atoms with Crippen LogP contribution in [0, 0.1) is 0 Å². The lowest BCUT2D eigenvalue weighted by Crippen LogP contribution is -1.85. The summed E-state index contributed by atoms with van der Waals surface area (Å²) in [5.41, 5.74) is 1.10. The smallest absolute Gasteiger partial charge is 0.115 e. The van der Waals surface area contributed by atoms with Gasteiger partial charge in [-0.1, -0.05) is 37.0 Å². The van der Waals surface area contributed by atoms with Crippen molar-refractivity contribution in [3.8, 4) is 0 Å². The molecule has 1 rings (SSSR count). The van der Waals surface area contributed by atoms with Crippen LogP contribution in [-0.2, 0) is 0 Å². The summed E-state index contributed by atoms with van der Waals surface area (Å²) in [6.07, 6.45) is 13.7. The second-order valence-electron chi connectivity index (χ2n) is 2.54. The zero-order valence-electron chi connectivity index (χ0n) is 8.35. The fraction of sp³-hybridized carbons (Fsp3) is 0.167. The minimum atomic E-state index is 0.319. The van der Waals surface area contributed by atoms with Crippen molar-refractivity contribution in [1.29, 1.82) is 0 Å². The summed E-state index contributed by atoms with van der Waals surface area (Å²) in [5, 5.41) is 16.1. The van der Waals surface area contributed by atoms with Gasteiger partial charge in [-0.15, -0.1) is 0 Å². The Balaban J connectivity index is 0.000000791. The molecule has 0 heterocycles. The molecule has 14 heavy (non-hydrogen) atoms. The topological polar surface area (TPSA) is 40.5 Å². The van der Waals surface area contributed by atoms with E-state index in [1.54, 1.807) is 18.2 Å². The first-order valence-corrected chi connectivity index (χ1v) is 4.33. The highest BCUT2D eigenvalue weighted by Gasteiger charge is 1.96. The maximum atomic E-state index is 9.13. The van der Waals surface area contributed by atoms with E-state index >= 15 is 0 Å². The first kappa shape index (κ1) is 12.5. The van der Waals surface area contributed by atoms with Crippen molar-refractivity contribution < 1.29 is 10.2 Å². The molecule has 0 fully saturated rings. The lowest BCUT2D eigenvalue weighted by atomic mass is 10.1. The molecular weight excluding hydrogens is 176 g/mol. The average Bonchev–Trinajstić information content (AvgIpc) is 2.21. The summed E-state index contributed by atoms with van der Waals surface area (Å²) < 4.78 is 0. The molecule has 0 spiro atoms. The second-order valence-corrected chi connectivity index (χ2v) is 2.54. The summed E-state index contributed by atoms with van der Waals surface area (Å²) in [4.78, 5) is 0. The third-order valence-electron chi connectivity index (χ3n) is 1.53. The van der Waals surface area contributed by atoms with E-state index in [0.717, 1.165) is 19.1 Å². The summed E-state index contributed by atoms with van der Waals surface area (Å²) in [7, 11) is 1.00. The number of aliphatic hydroxyl groups excluding tert-OH is 2. The van der Waals surface area contributed by atoms with Gasteiger partial charge in [0.2, 0.25) is 0 Å². The van der Waals surface area contributed by atoms with Crippen LogP contribution in [0.1, 0.15) is 6.42 Å². The van der Waals surface area contributed by atoms with Gasteiger partial charge in [-0.25, -0.2) is 0 Å². The van der Waals surface area contributed by atoms with Gasteiger partial charge < -0.3 is 10.2 Å². The van der Waals surface area contributed by atoms with Gasteiger partial charge >= 0.3 is 0 Å². The molecule has 0 saturated heterocycles. The molecule has 0 aromatic rings. The summed E-state index contributed by atoms with van der Waals surface area (Å²) in [6.45, 7) is 3.56. The molecule has 0 amide bonds. The third kappa shape index (κ3) is 5.17. The van der Waals surface area contributed by atoms with E-state index in [1.807, 2.05) is 24.3 Å². The molecule has 2 nitrogen and oxygen atoms in total. The van der Waals surface area contributed by atoms with Crippen LogP contribution in [0.2, 0.25) is 0 Å². The van der Waals surface area contributed by atoms with Crippen molar-refractivity contribution in [3.63, 3.8) is 0 Å². The molecular formula is C12H16O2. The van der Waals surface area contributed by atoms with E-state index in [2.05, 4.69) is 6.58 Å². The quantitative estimate of drug-likeness (QED) is 0.660. The largest absolute Gasteiger partial charge is 0.508 e. The Morgan fingerprint density at radius 3 is 2.64 bits per heavy atom. The van der Waals surface area contributed by atoms with Crippen LogP contribution in [0.15, 0.2) is 60.4 Å². The standard InChI is InChI=1S/C11H12O.CH4O/c1-2-3-4-6-10-7-5-8-11(12)9-10;1-2/h2-6,8-9,12H,1,7H2;2H,1H3/b4-3-,10-6+;. The molecule has 0 unspecified atom stereocenters. The SMILES string of the molecule is C=C/C=C\C=C1\C=C(O)C=CC1.CO. The maximum Gasteiger partial charge on any atom is 0.115 e. The molecule has 0 bridgehead atoms. The van der Waals surface area contributed by atoms with Crippen LogP contribution in [0.5, 0.6) is 0 Å². The van der Waals surface area contributed by atoms with Crippen LogP contribution in [0.4, 0.5) is 0 Å². The zero-order chi connectivity index (χ0) is 10.8. The zero-order valence-corrected chi connectivity index (χ0v) is 8.35.